The molecular formula is C37H36N8O2S2. The normalized spacial score (nSPS) is 11.0. The quantitative estimate of drug-likeness (QED) is 0.130. The van der Waals surface area contributed by atoms with E-state index in [0.29, 0.717) is 28.4 Å². The van der Waals surface area contributed by atoms with E-state index in [1.807, 2.05) is 81.9 Å². The van der Waals surface area contributed by atoms with Crippen LogP contribution < -0.4 is 10.6 Å². The molecule has 248 valence electrons. The Morgan fingerprint density at radius 2 is 0.980 bits per heavy atom. The maximum absolute atomic E-state index is 12.9. The Hall–Kier alpha value is -5.20. The molecule has 0 saturated heterocycles. The second-order valence-electron chi connectivity index (χ2n) is 11.6. The number of carbonyl (C=O) groups excluding carboxylic acids is 2. The molecule has 2 aromatic heterocycles. The number of benzene rings is 4. The Balaban J connectivity index is 1.32. The molecule has 0 saturated carbocycles. The summed E-state index contributed by atoms with van der Waals surface area (Å²) >= 11 is 2.64. The molecule has 0 spiro atoms. The third-order valence-electron chi connectivity index (χ3n) is 7.68. The zero-order valence-electron chi connectivity index (χ0n) is 27.7. The zero-order chi connectivity index (χ0) is 34.3. The first kappa shape index (κ1) is 33.7. The van der Waals surface area contributed by atoms with E-state index >= 15 is 0 Å². The standard InChI is InChI=1S/C37H36N8O2S2/c1-24-15-17-30(26(3)19-24)44-32(40-42-36(44)48-22-34(46)38-28-11-7-5-8-12-28)21-33-41-43-37(45(33)31-18-16-25(2)20-27(31)4)49-23-35(47)39-29-13-9-6-10-14-29/h5-20H,21-23H2,1-4H3,(H,38,46)(H,39,47). The van der Waals surface area contributed by atoms with Gasteiger partial charge in [0.15, 0.2) is 10.3 Å². The number of thioether (sulfide) groups is 2. The lowest BCUT2D eigenvalue weighted by molar-refractivity contribution is -0.114. The molecule has 49 heavy (non-hydrogen) atoms. The van der Waals surface area contributed by atoms with Crippen LogP contribution in [0.4, 0.5) is 11.4 Å². The van der Waals surface area contributed by atoms with Gasteiger partial charge in [0.25, 0.3) is 0 Å². The number of rotatable bonds is 12. The van der Waals surface area contributed by atoms with E-state index in [2.05, 4.69) is 83.0 Å². The highest BCUT2D eigenvalue weighted by Crippen LogP contribution is 2.29. The second-order valence-corrected chi connectivity index (χ2v) is 13.5. The number of carbonyl (C=O) groups is 2. The Labute approximate surface area is 293 Å². The van der Waals surface area contributed by atoms with Crippen LogP contribution in [0.25, 0.3) is 11.4 Å². The van der Waals surface area contributed by atoms with Gasteiger partial charge in [0, 0.05) is 11.4 Å². The number of anilines is 2. The minimum absolute atomic E-state index is 0.138. The highest BCUT2D eigenvalue weighted by Gasteiger charge is 2.23. The minimum Gasteiger partial charge on any atom is -0.325 e. The summed E-state index contributed by atoms with van der Waals surface area (Å²) in [7, 11) is 0. The average molecular weight is 689 g/mol. The van der Waals surface area contributed by atoms with Crippen LogP contribution in [0.2, 0.25) is 0 Å². The smallest absolute Gasteiger partial charge is 0.234 e. The number of nitrogens with zero attached hydrogens (tertiary/aromatic N) is 6. The number of para-hydroxylation sites is 2. The lowest BCUT2D eigenvalue weighted by Crippen LogP contribution is -2.15. The summed E-state index contributed by atoms with van der Waals surface area (Å²) < 4.78 is 3.99. The molecule has 6 rings (SSSR count). The third kappa shape index (κ3) is 8.27. The number of aryl methyl sites for hydroxylation is 4. The molecule has 0 radical (unpaired) electrons. The lowest BCUT2D eigenvalue weighted by Gasteiger charge is -2.15. The molecule has 10 nitrogen and oxygen atoms in total. The van der Waals surface area contributed by atoms with E-state index in [9.17, 15) is 9.59 Å². The fraction of sp³-hybridized carbons (Fsp3) is 0.189. The van der Waals surface area contributed by atoms with Crippen molar-refractivity contribution in [1.29, 1.82) is 0 Å². The van der Waals surface area contributed by atoms with Crippen molar-refractivity contribution in [3.05, 3.63) is 131 Å². The van der Waals surface area contributed by atoms with E-state index in [1.165, 1.54) is 23.5 Å². The van der Waals surface area contributed by atoms with E-state index < -0.39 is 0 Å². The van der Waals surface area contributed by atoms with Crippen LogP contribution in [0, 0.1) is 27.7 Å². The predicted molar refractivity (Wildman–Crippen MR) is 196 cm³/mol. The summed E-state index contributed by atoms with van der Waals surface area (Å²) in [4.78, 5) is 25.7. The number of hydrogen-bond acceptors (Lipinski definition) is 8. The van der Waals surface area contributed by atoms with Gasteiger partial charge in [-0.2, -0.15) is 0 Å². The van der Waals surface area contributed by atoms with Crippen molar-refractivity contribution in [1.82, 2.24) is 29.5 Å². The Morgan fingerprint density at radius 3 is 1.37 bits per heavy atom. The molecule has 2 amide bonds. The van der Waals surface area contributed by atoms with Gasteiger partial charge in [-0.3, -0.25) is 18.7 Å². The molecule has 0 unspecified atom stereocenters. The number of nitrogens with one attached hydrogen (secondary N) is 2. The molecule has 0 fully saturated rings. The third-order valence-corrected chi connectivity index (χ3v) is 9.54. The summed E-state index contributed by atoms with van der Waals surface area (Å²) in [6.45, 7) is 8.21. The Kier molecular flexibility index (Phi) is 10.6. The van der Waals surface area contributed by atoms with Gasteiger partial charge in [-0.05, 0) is 75.2 Å². The van der Waals surface area contributed by atoms with Crippen LogP contribution in [-0.2, 0) is 16.0 Å². The van der Waals surface area contributed by atoms with Crippen LogP contribution in [0.5, 0.6) is 0 Å². The van der Waals surface area contributed by atoms with Gasteiger partial charge < -0.3 is 10.6 Å². The maximum Gasteiger partial charge on any atom is 0.234 e. The molecular weight excluding hydrogens is 653 g/mol. The fourth-order valence-electron chi connectivity index (χ4n) is 5.45. The van der Waals surface area contributed by atoms with Crippen LogP contribution in [0.1, 0.15) is 33.9 Å². The molecule has 2 heterocycles. The lowest BCUT2D eigenvalue weighted by atomic mass is 10.1. The van der Waals surface area contributed by atoms with Crippen molar-refractivity contribution in [2.24, 2.45) is 0 Å². The topological polar surface area (TPSA) is 120 Å². The first-order valence-electron chi connectivity index (χ1n) is 15.7. The van der Waals surface area contributed by atoms with Gasteiger partial charge in [0.1, 0.15) is 11.6 Å². The number of hydrogen-bond donors (Lipinski definition) is 2. The van der Waals surface area contributed by atoms with E-state index in [1.54, 1.807) is 0 Å². The first-order chi connectivity index (χ1) is 23.7. The van der Waals surface area contributed by atoms with Gasteiger partial charge in [-0.15, -0.1) is 20.4 Å². The van der Waals surface area contributed by atoms with Crippen molar-refractivity contribution >= 4 is 46.7 Å². The predicted octanol–water partition coefficient (Wildman–Crippen LogP) is 7.13. The molecule has 0 bridgehead atoms. The summed E-state index contributed by atoms with van der Waals surface area (Å²) in [5.41, 5.74) is 7.69. The highest BCUT2D eigenvalue weighted by molar-refractivity contribution is 8.00. The van der Waals surface area contributed by atoms with Crippen LogP contribution in [0.15, 0.2) is 107 Å². The van der Waals surface area contributed by atoms with Crippen molar-refractivity contribution in [3.8, 4) is 11.4 Å². The Morgan fingerprint density at radius 1 is 0.571 bits per heavy atom. The summed E-state index contributed by atoms with van der Waals surface area (Å²) in [5, 5.41) is 25.4. The molecule has 2 N–H and O–H groups in total. The Bertz CT molecular complexity index is 1950. The van der Waals surface area contributed by atoms with E-state index in [4.69, 9.17) is 0 Å². The summed E-state index contributed by atoms with van der Waals surface area (Å²) in [6, 6.07) is 31.2. The SMILES string of the molecule is Cc1ccc(-n2c(Cc3nnc(SCC(=O)Nc4ccccc4)n3-c3ccc(C)cc3C)nnc2SCC(=O)Nc2ccccc2)c(C)c1. The summed E-state index contributed by atoms with van der Waals surface area (Å²) in [6.07, 6.45) is 0.300. The molecule has 6 aromatic rings. The van der Waals surface area contributed by atoms with Gasteiger partial charge in [-0.25, -0.2) is 0 Å². The number of aromatic nitrogens is 6. The van der Waals surface area contributed by atoms with Gasteiger partial charge in [-0.1, -0.05) is 95.3 Å². The molecule has 12 heteroatoms. The largest absolute Gasteiger partial charge is 0.325 e. The second kappa shape index (κ2) is 15.3. The highest BCUT2D eigenvalue weighted by atomic mass is 32.2. The fourth-order valence-corrected chi connectivity index (χ4v) is 6.98. The maximum atomic E-state index is 12.9. The van der Waals surface area contributed by atoms with Crippen LogP contribution >= 0.6 is 23.5 Å². The molecule has 0 aliphatic rings. The van der Waals surface area contributed by atoms with E-state index in [0.717, 1.165) is 45.0 Å². The molecule has 0 atom stereocenters. The minimum atomic E-state index is -0.138. The molecule has 0 aliphatic carbocycles. The monoisotopic (exact) mass is 688 g/mol. The average Bonchev–Trinajstić information content (AvgIpc) is 3.67. The molecule has 0 aliphatic heterocycles. The zero-order valence-corrected chi connectivity index (χ0v) is 29.3. The first-order valence-corrected chi connectivity index (χ1v) is 17.7. The number of amides is 2. The van der Waals surface area contributed by atoms with Gasteiger partial charge in [0.05, 0.1) is 29.3 Å². The van der Waals surface area contributed by atoms with Crippen molar-refractivity contribution in [3.63, 3.8) is 0 Å². The van der Waals surface area contributed by atoms with Crippen LogP contribution in [0.3, 0.4) is 0 Å². The van der Waals surface area contributed by atoms with Crippen LogP contribution in [-0.4, -0.2) is 52.8 Å². The van der Waals surface area contributed by atoms with Crippen molar-refractivity contribution < 1.29 is 9.59 Å². The van der Waals surface area contributed by atoms with Crippen molar-refractivity contribution in [2.75, 3.05) is 22.1 Å². The van der Waals surface area contributed by atoms with Gasteiger partial charge in [0.2, 0.25) is 11.8 Å². The van der Waals surface area contributed by atoms with E-state index in [-0.39, 0.29) is 23.3 Å². The van der Waals surface area contributed by atoms with Gasteiger partial charge >= 0.3 is 0 Å². The molecule has 4 aromatic carbocycles. The van der Waals surface area contributed by atoms with Crippen molar-refractivity contribution in [2.45, 2.75) is 44.4 Å². The summed E-state index contributed by atoms with van der Waals surface area (Å²) in [5.74, 6) is 1.33.